The SMILES string of the molecule is Cc1ccc2c3ccccc3c3[nH]c(-c4ccccc4)nc3c2c1. The van der Waals surface area contributed by atoms with E-state index in [-0.39, 0.29) is 0 Å². The standard InChI is InChI=1S/C22H16N2/c1-14-11-12-17-16-9-5-6-10-18(16)20-21(19(17)13-14)24-22(23-20)15-7-3-2-4-8-15/h2-13H,1H3,(H,23,24). The van der Waals surface area contributed by atoms with Crippen LogP contribution in [0, 0.1) is 6.92 Å². The minimum atomic E-state index is 0.921. The van der Waals surface area contributed by atoms with Crippen molar-refractivity contribution in [3.63, 3.8) is 0 Å². The number of hydrogen-bond donors (Lipinski definition) is 1. The Kier molecular flexibility index (Phi) is 2.74. The van der Waals surface area contributed by atoms with Crippen molar-refractivity contribution in [1.29, 1.82) is 0 Å². The molecule has 0 saturated heterocycles. The van der Waals surface area contributed by atoms with Crippen molar-refractivity contribution in [2.75, 3.05) is 0 Å². The minimum absolute atomic E-state index is 0.921. The third kappa shape index (κ3) is 1.86. The van der Waals surface area contributed by atoms with Gasteiger partial charge in [0.25, 0.3) is 0 Å². The predicted octanol–water partition coefficient (Wildman–Crippen LogP) is 5.84. The molecule has 0 saturated carbocycles. The average molecular weight is 308 g/mol. The fourth-order valence-electron chi connectivity index (χ4n) is 3.52. The van der Waals surface area contributed by atoms with Crippen LogP contribution < -0.4 is 0 Å². The number of nitrogens with one attached hydrogen (secondary N) is 1. The highest BCUT2D eigenvalue weighted by atomic mass is 14.9. The molecule has 114 valence electrons. The Morgan fingerprint density at radius 3 is 2.25 bits per heavy atom. The Labute approximate surface area is 139 Å². The van der Waals surface area contributed by atoms with Gasteiger partial charge in [-0.1, -0.05) is 72.3 Å². The minimum Gasteiger partial charge on any atom is -0.337 e. The van der Waals surface area contributed by atoms with Gasteiger partial charge in [0.2, 0.25) is 0 Å². The molecule has 5 rings (SSSR count). The van der Waals surface area contributed by atoms with Crippen LogP contribution in [0.4, 0.5) is 0 Å². The fraction of sp³-hybridized carbons (Fsp3) is 0.0455. The number of H-pyrrole nitrogens is 1. The second kappa shape index (κ2) is 4.93. The Morgan fingerprint density at radius 1 is 0.708 bits per heavy atom. The first-order valence-electron chi connectivity index (χ1n) is 8.17. The van der Waals surface area contributed by atoms with Crippen molar-refractivity contribution >= 4 is 32.6 Å². The van der Waals surface area contributed by atoms with Gasteiger partial charge in [-0.2, -0.15) is 0 Å². The van der Waals surface area contributed by atoms with E-state index in [2.05, 4.69) is 66.5 Å². The molecule has 2 nitrogen and oxygen atoms in total. The molecule has 0 bridgehead atoms. The lowest BCUT2D eigenvalue weighted by Crippen LogP contribution is -1.83. The summed E-state index contributed by atoms with van der Waals surface area (Å²) in [6, 6.07) is 25.5. The van der Waals surface area contributed by atoms with Crippen LogP contribution in [0.15, 0.2) is 72.8 Å². The monoisotopic (exact) mass is 308 g/mol. The molecule has 1 heterocycles. The largest absolute Gasteiger partial charge is 0.337 e. The summed E-state index contributed by atoms with van der Waals surface area (Å²) in [4.78, 5) is 8.50. The summed E-state index contributed by atoms with van der Waals surface area (Å²) in [5.74, 6) is 0.921. The fourth-order valence-corrected chi connectivity index (χ4v) is 3.52. The van der Waals surface area contributed by atoms with Gasteiger partial charge in [0, 0.05) is 16.3 Å². The van der Waals surface area contributed by atoms with Crippen molar-refractivity contribution < 1.29 is 0 Å². The van der Waals surface area contributed by atoms with Gasteiger partial charge >= 0.3 is 0 Å². The van der Waals surface area contributed by atoms with Gasteiger partial charge in [0.1, 0.15) is 5.82 Å². The van der Waals surface area contributed by atoms with Crippen molar-refractivity contribution in [2.45, 2.75) is 6.92 Å². The first-order chi connectivity index (χ1) is 11.8. The lowest BCUT2D eigenvalue weighted by atomic mass is 9.99. The Balaban J connectivity index is 1.99. The molecule has 0 aliphatic heterocycles. The molecule has 1 aromatic heterocycles. The molecule has 2 heteroatoms. The Hall–Kier alpha value is -3.13. The van der Waals surface area contributed by atoms with Crippen molar-refractivity contribution in [3.8, 4) is 11.4 Å². The molecule has 0 radical (unpaired) electrons. The van der Waals surface area contributed by atoms with Gasteiger partial charge in [-0.15, -0.1) is 0 Å². The lowest BCUT2D eigenvalue weighted by Gasteiger charge is -2.06. The zero-order chi connectivity index (χ0) is 16.1. The zero-order valence-corrected chi connectivity index (χ0v) is 13.4. The van der Waals surface area contributed by atoms with Crippen LogP contribution in [0.2, 0.25) is 0 Å². The van der Waals surface area contributed by atoms with E-state index in [1.807, 2.05) is 18.2 Å². The van der Waals surface area contributed by atoms with E-state index in [1.165, 1.54) is 27.1 Å². The van der Waals surface area contributed by atoms with Gasteiger partial charge in [0.05, 0.1) is 11.0 Å². The number of hydrogen-bond acceptors (Lipinski definition) is 1. The maximum absolute atomic E-state index is 4.95. The molecule has 0 unspecified atom stereocenters. The third-order valence-corrected chi connectivity index (χ3v) is 4.67. The van der Waals surface area contributed by atoms with Crippen molar-refractivity contribution in [2.24, 2.45) is 0 Å². The first-order valence-corrected chi connectivity index (χ1v) is 8.17. The van der Waals surface area contributed by atoms with Crippen molar-refractivity contribution in [1.82, 2.24) is 9.97 Å². The molecule has 0 amide bonds. The van der Waals surface area contributed by atoms with E-state index in [0.717, 1.165) is 22.4 Å². The van der Waals surface area contributed by atoms with Crippen molar-refractivity contribution in [3.05, 3.63) is 78.4 Å². The molecule has 0 fully saturated rings. The molecule has 0 atom stereocenters. The van der Waals surface area contributed by atoms with Crippen LogP contribution in [0.5, 0.6) is 0 Å². The average Bonchev–Trinajstić information content (AvgIpc) is 3.08. The van der Waals surface area contributed by atoms with E-state index in [9.17, 15) is 0 Å². The van der Waals surface area contributed by atoms with E-state index >= 15 is 0 Å². The van der Waals surface area contributed by atoms with Gasteiger partial charge in [-0.3, -0.25) is 0 Å². The highest BCUT2D eigenvalue weighted by Crippen LogP contribution is 2.35. The summed E-state index contributed by atoms with van der Waals surface area (Å²) >= 11 is 0. The first kappa shape index (κ1) is 13.3. The Bertz CT molecular complexity index is 1200. The molecule has 0 aliphatic carbocycles. The van der Waals surface area contributed by atoms with Crippen LogP contribution in [0.3, 0.4) is 0 Å². The molecule has 1 N–H and O–H groups in total. The lowest BCUT2D eigenvalue weighted by molar-refractivity contribution is 1.34. The van der Waals surface area contributed by atoms with Gasteiger partial charge in [0.15, 0.2) is 0 Å². The maximum Gasteiger partial charge on any atom is 0.138 e. The summed E-state index contributed by atoms with van der Waals surface area (Å²) < 4.78 is 0. The quantitative estimate of drug-likeness (QED) is 0.387. The van der Waals surface area contributed by atoms with Crippen LogP contribution in [0.25, 0.3) is 44.0 Å². The number of imidazole rings is 1. The number of benzene rings is 4. The number of fused-ring (bicyclic) bond motifs is 6. The summed E-state index contributed by atoms with van der Waals surface area (Å²) in [7, 11) is 0. The van der Waals surface area contributed by atoms with Gasteiger partial charge in [-0.25, -0.2) is 4.98 Å². The topological polar surface area (TPSA) is 28.7 Å². The molecular formula is C22H16N2. The van der Waals surface area contributed by atoms with Crippen LogP contribution >= 0.6 is 0 Å². The molecule has 0 spiro atoms. The number of aromatic nitrogens is 2. The van der Waals surface area contributed by atoms with Gasteiger partial charge < -0.3 is 4.98 Å². The normalized spacial score (nSPS) is 11.5. The maximum atomic E-state index is 4.95. The second-order valence-electron chi connectivity index (χ2n) is 6.27. The smallest absolute Gasteiger partial charge is 0.138 e. The van der Waals surface area contributed by atoms with Gasteiger partial charge in [-0.05, 0) is 23.8 Å². The zero-order valence-electron chi connectivity index (χ0n) is 13.4. The highest BCUT2D eigenvalue weighted by molar-refractivity contribution is 6.23. The summed E-state index contributed by atoms with van der Waals surface area (Å²) in [5, 5.41) is 4.96. The molecule has 24 heavy (non-hydrogen) atoms. The van der Waals surface area contributed by atoms with Crippen LogP contribution in [-0.2, 0) is 0 Å². The van der Waals surface area contributed by atoms with E-state index in [1.54, 1.807) is 0 Å². The number of rotatable bonds is 1. The van der Waals surface area contributed by atoms with E-state index < -0.39 is 0 Å². The molecule has 0 aliphatic rings. The highest BCUT2D eigenvalue weighted by Gasteiger charge is 2.13. The molecule has 4 aromatic carbocycles. The number of aromatic amines is 1. The van der Waals surface area contributed by atoms with E-state index in [4.69, 9.17) is 4.98 Å². The Morgan fingerprint density at radius 2 is 1.42 bits per heavy atom. The van der Waals surface area contributed by atoms with Crippen LogP contribution in [-0.4, -0.2) is 9.97 Å². The summed E-state index contributed by atoms with van der Waals surface area (Å²) in [6.07, 6.45) is 0. The summed E-state index contributed by atoms with van der Waals surface area (Å²) in [5.41, 5.74) is 4.52. The molecule has 5 aromatic rings. The number of aryl methyl sites for hydroxylation is 1. The van der Waals surface area contributed by atoms with E-state index in [0.29, 0.717) is 0 Å². The summed E-state index contributed by atoms with van der Waals surface area (Å²) in [6.45, 7) is 2.13. The third-order valence-electron chi connectivity index (χ3n) is 4.67. The van der Waals surface area contributed by atoms with Crippen LogP contribution in [0.1, 0.15) is 5.56 Å². The predicted molar refractivity (Wildman–Crippen MR) is 101 cm³/mol. The second-order valence-corrected chi connectivity index (χ2v) is 6.27. The number of nitrogens with zero attached hydrogens (tertiary/aromatic N) is 1. The molecular weight excluding hydrogens is 292 g/mol.